The highest BCUT2D eigenvalue weighted by Gasteiger charge is 2.30. The Balaban J connectivity index is 0.00000243. The lowest BCUT2D eigenvalue weighted by molar-refractivity contribution is 0.128. The van der Waals surface area contributed by atoms with E-state index in [1.807, 2.05) is 17.4 Å². The van der Waals surface area contributed by atoms with Gasteiger partial charge in [0.15, 0.2) is 5.96 Å². The number of benzene rings is 1. The maximum absolute atomic E-state index is 6.14. The molecule has 1 aliphatic heterocycles. The molecule has 0 radical (unpaired) electrons. The van der Waals surface area contributed by atoms with Crippen molar-refractivity contribution in [3.63, 3.8) is 0 Å². The summed E-state index contributed by atoms with van der Waals surface area (Å²) >= 11 is 1.84. The summed E-state index contributed by atoms with van der Waals surface area (Å²) in [6.45, 7) is 6.13. The van der Waals surface area contributed by atoms with Crippen LogP contribution in [0.4, 0.5) is 5.69 Å². The summed E-state index contributed by atoms with van der Waals surface area (Å²) in [6, 6.07) is 11.1. The van der Waals surface area contributed by atoms with Gasteiger partial charge >= 0.3 is 0 Å². The molecule has 1 fully saturated rings. The summed E-state index contributed by atoms with van der Waals surface area (Å²) in [6.07, 6.45) is 2.43. The quantitative estimate of drug-likeness (QED) is 0.373. The van der Waals surface area contributed by atoms with Crippen LogP contribution in [0.5, 0.6) is 0 Å². The van der Waals surface area contributed by atoms with Gasteiger partial charge in [-0.15, -0.1) is 35.3 Å². The Kier molecular flexibility index (Phi) is 7.91. The summed E-state index contributed by atoms with van der Waals surface area (Å²) < 4.78 is 0. The van der Waals surface area contributed by atoms with Gasteiger partial charge in [-0.05, 0) is 80.9 Å². The Morgan fingerprint density at radius 3 is 2.81 bits per heavy atom. The lowest BCUT2D eigenvalue weighted by atomic mass is 9.88. The van der Waals surface area contributed by atoms with Gasteiger partial charge in [0, 0.05) is 23.2 Å². The molecule has 4 nitrogen and oxygen atoms in total. The van der Waals surface area contributed by atoms with Crippen molar-refractivity contribution >= 4 is 47.0 Å². The van der Waals surface area contributed by atoms with Crippen molar-refractivity contribution in [3.05, 3.63) is 51.7 Å². The predicted molar refractivity (Wildman–Crippen MR) is 124 cm³/mol. The largest absolute Gasteiger partial charge is 0.370 e. The molecular weight excluding hydrogens is 455 g/mol. The predicted octanol–water partition coefficient (Wildman–Crippen LogP) is 4.79. The van der Waals surface area contributed by atoms with E-state index in [2.05, 4.69) is 65.7 Å². The highest BCUT2D eigenvalue weighted by Crippen LogP contribution is 2.37. The molecule has 0 spiro atoms. The maximum Gasteiger partial charge on any atom is 0.193 e. The molecular formula is C20H29IN4S. The number of rotatable bonds is 4. The lowest BCUT2D eigenvalue weighted by Gasteiger charge is -2.38. The zero-order valence-electron chi connectivity index (χ0n) is 15.7. The van der Waals surface area contributed by atoms with Gasteiger partial charge in [-0.25, -0.2) is 0 Å². The van der Waals surface area contributed by atoms with Crippen molar-refractivity contribution in [1.29, 1.82) is 0 Å². The lowest BCUT2D eigenvalue weighted by Crippen LogP contribution is -2.37. The van der Waals surface area contributed by atoms with Gasteiger partial charge in [0.05, 0.1) is 0 Å². The Labute approximate surface area is 177 Å². The fourth-order valence-electron chi connectivity index (χ4n) is 3.58. The van der Waals surface area contributed by atoms with E-state index in [0.717, 1.165) is 18.8 Å². The molecule has 3 rings (SSSR count). The zero-order chi connectivity index (χ0) is 17.8. The molecule has 0 amide bonds. The number of likely N-dealkylation sites (tertiary alicyclic amines) is 1. The number of nitrogens with zero attached hydrogens (tertiary/aromatic N) is 2. The molecule has 142 valence electrons. The van der Waals surface area contributed by atoms with E-state index in [1.165, 1.54) is 28.8 Å². The average molecular weight is 484 g/mol. The number of thiophene rings is 1. The monoisotopic (exact) mass is 484 g/mol. The molecule has 1 aromatic heterocycles. The van der Waals surface area contributed by atoms with Crippen LogP contribution in [0.1, 0.15) is 34.9 Å². The van der Waals surface area contributed by atoms with Crippen LogP contribution in [0.15, 0.2) is 40.7 Å². The number of hydrogen-bond acceptors (Lipinski definition) is 3. The second-order valence-electron chi connectivity index (χ2n) is 6.99. The third kappa shape index (κ3) is 5.20. The van der Waals surface area contributed by atoms with Crippen LogP contribution in [-0.4, -0.2) is 31.0 Å². The van der Waals surface area contributed by atoms with Gasteiger partial charge in [-0.1, -0.05) is 12.1 Å². The SMILES string of the molecule is Cc1ccc(NC(N)=NCC2CCCN(C)C2c2cccs2)cc1C.I. The van der Waals surface area contributed by atoms with Crippen molar-refractivity contribution < 1.29 is 0 Å². The summed E-state index contributed by atoms with van der Waals surface area (Å²) in [5.74, 6) is 1.01. The average Bonchev–Trinajstić information content (AvgIpc) is 3.10. The van der Waals surface area contributed by atoms with E-state index in [9.17, 15) is 0 Å². The minimum atomic E-state index is 0. The topological polar surface area (TPSA) is 53.6 Å². The molecule has 2 heterocycles. The van der Waals surface area contributed by atoms with Gasteiger partial charge in [-0.2, -0.15) is 0 Å². The van der Waals surface area contributed by atoms with Crippen LogP contribution in [0.2, 0.25) is 0 Å². The first-order valence-electron chi connectivity index (χ1n) is 8.92. The molecule has 1 aromatic carbocycles. The minimum absolute atomic E-state index is 0. The molecule has 26 heavy (non-hydrogen) atoms. The molecule has 2 aromatic rings. The molecule has 0 bridgehead atoms. The molecule has 2 unspecified atom stereocenters. The fourth-order valence-corrected chi connectivity index (χ4v) is 4.57. The van der Waals surface area contributed by atoms with E-state index < -0.39 is 0 Å². The van der Waals surface area contributed by atoms with E-state index in [1.54, 1.807) is 0 Å². The number of nitrogens with one attached hydrogen (secondary N) is 1. The van der Waals surface area contributed by atoms with E-state index in [0.29, 0.717) is 17.9 Å². The van der Waals surface area contributed by atoms with Gasteiger partial charge in [-0.3, -0.25) is 9.89 Å². The van der Waals surface area contributed by atoms with Crippen LogP contribution >= 0.6 is 35.3 Å². The summed E-state index contributed by atoms with van der Waals surface area (Å²) in [4.78, 5) is 8.55. The molecule has 2 atom stereocenters. The van der Waals surface area contributed by atoms with Crippen LogP contribution in [0.3, 0.4) is 0 Å². The van der Waals surface area contributed by atoms with Crippen molar-refractivity contribution in [2.24, 2.45) is 16.6 Å². The third-order valence-electron chi connectivity index (χ3n) is 5.12. The Morgan fingerprint density at radius 1 is 1.31 bits per heavy atom. The van der Waals surface area contributed by atoms with E-state index in [-0.39, 0.29) is 24.0 Å². The van der Waals surface area contributed by atoms with Crippen LogP contribution < -0.4 is 11.1 Å². The summed E-state index contributed by atoms with van der Waals surface area (Å²) in [5, 5.41) is 5.39. The first kappa shape index (κ1) is 21.2. The normalized spacial score (nSPS) is 21.3. The standard InChI is InChI=1S/C20H28N4S.HI/c1-14-8-9-17(12-15(14)2)23-20(21)22-13-16-6-4-10-24(3)19(16)18-7-5-11-25-18;/h5,7-9,11-12,16,19H,4,6,10,13H2,1-3H3,(H3,21,22,23);1H. The number of aryl methyl sites for hydroxylation is 2. The number of guanidine groups is 1. The number of halogens is 1. The van der Waals surface area contributed by atoms with E-state index >= 15 is 0 Å². The number of anilines is 1. The maximum atomic E-state index is 6.14. The van der Waals surface area contributed by atoms with Gasteiger partial charge in [0.25, 0.3) is 0 Å². The molecule has 3 N–H and O–H groups in total. The highest BCUT2D eigenvalue weighted by atomic mass is 127. The zero-order valence-corrected chi connectivity index (χ0v) is 18.9. The fraction of sp³-hybridized carbons (Fsp3) is 0.450. The molecule has 1 saturated heterocycles. The van der Waals surface area contributed by atoms with Crippen LogP contribution in [0.25, 0.3) is 0 Å². The smallest absolute Gasteiger partial charge is 0.193 e. The second-order valence-corrected chi connectivity index (χ2v) is 7.97. The number of hydrogen-bond donors (Lipinski definition) is 2. The Morgan fingerprint density at radius 2 is 2.12 bits per heavy atom. The van der Waals surface area contributed by atoms with Gasteiger partial charge in [0.2, 0.25) is 0 Å². The number of nitrogens with two attached hydrogens (primary N) is 1. The molecule has 1 aliphatic rings. The van der Waals surface area contributed by atoms with Gasteiger partial charge < -0.3 is 11.1 Å². The van der Waals surface area contributed by atoms with Crippen molar-refractivity contribution in [1.82, 2.24) is 4.90 Å². The summed E-state index contributed by atoms with van der Waals surface area (Å²) in [7, 11) is 2.22. The molecule has 0 saturated carbocycles. The van der Waals surface area contributed by atoms with E-state index in [4.69, 9.17) is 5.73 Å². The molecule has 6 heteroatoms. The van der Waals surface area contributed by atoms with Crippen LogP contribution in [-0.2, 0) is 0 Å². The number of aliphatic imine (C=N–C) groups is 1. The minimum Gasteiger partial charge on any atom is -0.370 e. The second kappa shape index (κ2) is 9.71. The first-order valence-corrected chi connectivity index (χ1v) is 9.80. The summed E-state index contributed by atoms with van der Waals surface area (Å²) in [5.41, 5.74) is 9.67. The number of piperidine rings is 1. The van der Waals surface area contributed by atoms with Crippen LogP contribution in [0, 0.1) is 19.8 Å². The third-order valence-corrected chi connectivity index (χ3v) is 6.06. The van der Waals surface area contributed by atoms with Crippen molar-refractivity contribution in [3.8, 4) is 0 Å². The highest BCUT2D eigenvalue weighted by molar-refractivity contribution is 14.0. The van der Waals surface area contributed by atoms with Gasteiger partial charge in [0.1, 0.15) is 0 Å². The first-order chi connectivity index (χ1) is 12.0. The Bertz CT molecular complexity index is 729. The van der Waals surface area contributed by atoms with Crippen molar-refractivity contribution in [2.45, 2.75) is 32.7 Å². The Hall–Kier alpha value is -1.12. The molecule has 0 aliphatic carbocycles. The van der Waals surface area contributed by atoms with Crippen molar-refractivity contribution in [2.75, 3.05) is 25.5 Å².